The summed E-state index contributed by atoms with van der Waals surface area (Å²) in [6.45, 7) is 0.363. The minimum atomic E-state index is -0.789. The van der Waals surface area contributed by atoms with Gasteiger partial charge < -0.3 is 9.84 Å². The first-order valence-electron chi connectivity index (χ1n) is 5.92. The number of nitrogens with zero attached hydrogens (tertiary/aromatic N) is 3. The molecular formula is C13H15N3O3. The molecule has 1 aromatic carbocycles. The number of rotatable bonds is 6. The number of aromatic nitrogens is 3. The molecule has 100 valence electrons. The highest BCUT2D eigenvalue weighted by Gasteiger charge is 2.02. The average Bonchev–Trinajstić information content (AvgIpc) is 2.81. The van der Waals surface area contributed by atoms with Gasteiger partial charge in [-0.1, -0.05) is 12.1 Å². The van der Waals surface area contributed by atoms with Crippen molar-refractivity contribution in [3.63, 3.8) is 0 Å². The lowest BCUT2D eigenvalue weighted by Crippen LogP contribution is -1.99. The van der Waals surface area contributed by atoms with E-state index in [1.807, 2.05) is 24.3 Å². The lowest BCUT2D eigenvalue weighted by molar-refractivity contribution is -0.136. The Bertz CT molecular complexity index is 549. The van der Waals surface area contributed by atoms with Gasteiger partial charge in [0.2, 0.25) is 0 Å². The maximum absolute atomic E-state index is 10.5. The van der Waals surface area contributed by atoms with Crippen LogP contribution in [0, 0.1) is 0 Å². The summed E-state index contributed by atoms with van der Waals surface area (Å²) in [5.74, 6) is -0.0623. The summed E-state index contributed by atoms with van der Waals surface area (Å²) in [4.78, 5) is 11.9. The van der Waals surface area contributed by atoms with Gasteiger partial charge >= 0.3 is 5.97 Å². The fourth-order valence-electron chi connectivity index (χ4n) is 1.61. The molecule has 0 amide bonds. The monoisotopic (exact) mass is 261 g/mol. The van der Waals surface area contributed by atoms with Crippen LogP contribution in [-0.4, -0.2) is 26.1 Å². The second-order valence-electron chi connectivity index (χ2n) is 4.15. The van der Waals surface area contributed by atoms with Crippen LogP contribution in [0.1, 0.15) is 17.7 Å². The Morgan fingerprint density at radius 3 is 2.68 bits per heavy atom. The minimum Gasteiger partial charge on any atom is -0.487 e. The van der Waals surface area contributed by atoms with Crippen LogP contribution >= 0.6 is 0 Å². The molecular weight excluding hydrogens is 246 g/mol. The zero-order chi connectivity index (χ0) is 13.7. The molecule has 1 N–H and O–H groups in total. The molecule has 6 nitrogen and oxygen atoms in total. The molecule has 0 fully saturated rings. The van der Waals surface area contributed by atoms with Gasteiger partial charge in [-0.2, -0.15) is 15.0 Å². The van der Waals surface area contributed by atoms with Gasteiger partial charge in [-0.25, -0.2) is 0 Å². The predicted molar refractivity (Wildman–Crippen MR) is 67.7 cm³/mol. The fraction of sp³-hybridized carbons (Fsp3) is 0.308. The number of benzene rings is 1. The first-order valence-corrected chi connectivity index (χ1v) is 5.92. The topological polar surface area (TPSA) is 77.2 Å². The molecule has 2 rings (SSSR count). The van der Waals surface area contributed by atoms with Gasteiger partial charge in [-0.3, -0.25) is 4.79 Å². The average molecular weight is 261 g/mol. The van der Waals surface area contributed by atoms with Crippen molar-refractivity contribution in [2.24, 2.45) is 7.05 Å². The number of hydrogen-bond acceptors (Lipinski definition) is 4. The molecule has 0 aliphatic heterocycles. The third-order valence-corrected chi connectivity index (χ3v) is 2.58. The molecule has 1 aromatic heterocycles. The number of carbonyl (C=O) groups is 1. The Kier molecular flexibility index (Phi) is 4.12. The highest BCUT2D eigenvalue weighted by atomic mass is 16.5. The highest BCUT2D eigenvalue weighted by Crippen LogP contribution is 2.14. The second-order valence-corrected chi connectivity index (χ2v) is 4.15. The first kappa shape index (κ1) is 13.1. The van der Waals surface area contributed by atoms with Crippen LogP contribution in [0.15, 0.2) is 30.5 Å². The van der Waals surface area contributed by atoms with Crippen LogP contribution in [0.4, 0.5) is 0 Å². The van der Waals surface area contributed by atoms with E-state index in [9.17, 15) is 4.79 Å². The molecule has 0 spiro atoms. The summed E-state index contributed by atoms with van der Waals surface area (Å²) < 4.78 is 5.55. The minimum absolute atomic E-state index is 0.139. The van der Waals surface area contributed by atoms with Crippen molar-refractivity contribution in [3.05, 3.63) is 41.7 Å². The quantitative estimate of drug-likeness (QED) is 0.850. The molecule has 0 radical (unpaired) electrons. The Morgan fingerprint density at radius 1 is 1.37 bits per heavy atom. The van der Waals surface area contributed by atoms with Crippen molar-refractivity contribution in [1.29, 1.82) is 0 Å². The van der Waals surface area contributed by atoms with Gasteiger partial charge in [0.25, 0.3) is 0 Å². The molecule has 0 saturated carbocycles. The van der Waals surface area contributed by atoms with Crippen LogP contribution in [0.3, 0.4) is 0 Å². The van der Waals surface area contributed by atoms with E-state index in [-0.39, 0.29) is 6.42 Å². The van der Waals surface area contributed by atoms with Crippen molar-refractivity contribution in [1.82, 2.24) is 15.0 Å². The zero-order valence-corrected chi connectivity index (χ0v) is 10.6. The number of ether oxygens (including phenoxy) is 1. The van der Waals surface area contributed by atoms with E-state index >= 15 is 0 Å². The molecule has 0 unspecified atom stereocenters. The molecule has 19 heavy (non-hydrogen) atoms. The fourth-order valence-corrected chi connectivity index (χ4v) is 1.61. The van der Waals surface area contributed by atoms with Gasteiger partial charge in [-0.05, 0) is 24.1 Å². The van der Waals surface area contributed by atoms with E-state index < -0.39 is 5.97 Å². The van der Waals surface area contributed by atoms with Crippen LogP contribution in [0.5, 0.6) is 5.75 Å². The van der Waals surface area contributed by atoms with Crippen LogP contribution in [0.25, 0.3) is 0 Å². The standard InChI is InChI=1S/C13H15N3O3/c1-16-14-8-11(15-16)9-19-12-5-2-10(3-6-12)4-7-13(17)18/h2-3,5-6,8H,4,7,9H2,1H3,(H,17,18). The molecule has 0 aliphatic rings. The third-order valence-electron chi connectivity index (χ3n) is 2.58. The van der Waals surface area contributed by atoms with Crippen molar-refractivity contribution >= 4 is 5.97 Å². The van der Waals surface area contributed by atoms with Crippen LogP contribution < -0.4 is 4.74 Å². The van der Waals surface area contributed by atoms with Crippen LogP contribution in [0.2, 0.25) is 0 Å². The van der Waals surface area contributed by atoms with Crippen molar-refractivity contribution in [2.45, 2.75) is 19.4 Å². The Morgan fingerprint density at radius 2 is 2.11 bits per heavy atom. The molecule has 0 aliphatic carbocycles. The molecule has 2 aromatic rings. The van der Waals surface area contributed by atoms with E-state index in [4.69, 9.17) is 9.84 Å². The number of carboxylic acids is 1. The maximum atomic E-state index is 10.5. The van der Waals surface area contributed by atoms with E-state index in [1.165, 1.54) is 4.80 Å². The molecule has 6 heteroatoms. The normalized spacial score (nSPS) is 10.4. The number of aliphatic carboxylic acids is 1. The summed E-state index contributed by atoms with van der Waals surface area (Å²) in [7, 11) is 1.75. The van der Waals surface area contributed by atoms with Gasteiger partial charge in [0.1, 0.15) is 18.1 Å². The Hall–Kier alpha value is -2.37. The highest BCUT2D eigenvalue weighted by molar-refractivity contribution is 5.67. The smallest absolute Gasteiger partial charge is 0.303 e. The van der Waals surface area contributed by atoms with Gasteiger partial charge in [0.05, 0.1) is 6.20 Å². The largest absolute Gasteiger partial charge is 0.487 e. The number of carboxylic acid groups (broad SMARTS) is 1. The first-order chi connectivity index (χ1) is 9.13. The predicted octanol–water partition coefficient (Wildman–Crippen LogP) is 1.41. The second kappa shape index (κ2) is 5.99. The summed E-state index contributed by atoms with van der Waals surface area (Å²) in [5, 5.41) is 16.7. The van der Waals surface area contributed by atoms with Crippen molar-refractivity contribution < 1.29 is 14.6 Å². The van der Waals surface area contributed by atoms with E-state index in [0.29, 0.717) is 13.0 Å². The summed E-state index contributed by atoms with van der Waals surface area (Å²) in [5.41, 5.74) is 1.74. The Labute approximate surface area is 110 Å². The van der Waals surface area contributed by atoms with Gasteiger partial charge in [-0.15, -0.1) is 0 Å². The van der Waals surface area contributed by atoms with E-state index in [1.54, 1.807) is 13.2 Å². The zero-order valence-electron chi connectivity index (χ0n) is 10.6. The van der Waals surface area contributed by atoms with E-state index in [2.05, 4.69) is 10.2 Å². The lowest BCUT2D eigenvalue weighted by atomic mass is 10.1. The molecule has 0 atom stereocenters. The molecule has 0 saturated heterocycles. The third kappa shape index (κ3) is 4.09. The maximum Gasteiger partial charge on any atom is 0.303 e. The van der Waals surface area contributed by atoms with Crippen molar-refractivity contribution in [3.8, 4) is 5.75 Å². The summed E-state index contributed by atoms with van der Waals surface area (Å²) >= 11 is 0. The van der Waals surface area contributed by atoms with Crippen LogP contribution in [-0.2, 0) is 24.9 Å². The Balaban J connectivity index is 1.86. The lowest BCUT2D eigenvalue weighted by Gasteiger charge is -2.05. The molecule has 0 bridgehead atoms. The summed E-state index contributed by atoms with van der Waals surface area (Å²) in [6, 6.07) is 7.39. The molecule has 1 heterocycles. The summed E-state index contributed by atoms with van der Waals surface area (Å²) in [6.07, 6.45) is 2.32. The van der Waals surface area contributed by atoms with Gasteiger partial charge in [0.15, 0.2) is 0 Å². The van der Waals surface area contributed by atoms with Gasteiger partial charge in [0, 0.05) is 13.5 Å². The van der Waals surface area contributed by atoms with Crippen molar-refractivity contribution in [2.75, 3.05) is 0 Å². The SMILES string of the molecule is Cn1ncc(COc2ccc(CCC(=O)O)cc2)n1. The van der Waals surface area contributed by atoms with E-state index in [0.717, 1.165) is 17.0 Å². The number of aryl methyl sites for hydroxylation is 2. The number of hydrogen-bond donors (Lipinski definition) is 1.